The number of nitro groups is 1. The number of rotatable bonds is 5. The van der Waals surface area contributed by atoms with Crippen LogP contribution in [0.1, 0.15) is 28.8 Å². The van der Waals surface area contributed by atoms with E-state index in [1.807, 2.05) is 0 Å². The van der Waals surface area contributed by atoms with Gasteiger partial charge in [0.15, 0.2) is 0 Å². The molecule has 0 bridgehead atoms. The third-order valence-corrected chi connectivity index (χ3v) is 3.96. The maximum absolute atomic E-state index is 12.0. The van der Waals surface area contributed by atoms with Crippen molar-refractivity contribution in [3.63, 3.8) is 0 Å². The van der Waals surface area contributed by atoms with Crippen molar-refractivity contribution in [3.05, 3.63) is 64.0 Å². The number of hydrogen-bond acceptors (Lipinski definition) is 6. The van der Waals surface area contributed by atoms with Crippen LogP contribution in [0.2, 0.25) is 0 Å². The van der Waals surface area contributed by atoms with Crippen LogP contribution < -0.4 is 10.3 Å². The number of hydrazone groups is 1. The van der Waals surface area contributed by atoms with E-state index in [0.717, 1.165) is 31.6 Å². The first-order valence-corrected chi connectivity index (χ1v) is 7.92. The Morgan fingerprint density at radius 3 is 2.80 bits per heavy atom. The number of aromatic nitrogens is 1. The van der Waals surface area contributed by atoms with Gasteiger partial charge in [0.25, 0.3) is 11.6 Å². The summed E-state index contributed by atoms with van der Waals surface area (Å²) in [5.74, 6) is -0.391. The van der Waals surface area contributed by atoms with E-state index in [1.54, 1.807) is 24.4 Å². The molecule has 0 aliphatic carbocycles. The Balaban J connectivity index is 1.80. The fraction of sp³-hybridized carbons (Fsp3) is 0.235. The van der Waals surface area contributed by atoms with E-state index in [0.29, 0.717) is 11.1 Å². The molecule has 1 aliphatic heterocycles. The van der Waals surface area contributed by atoms with Crippen LogP contribution in [0.15, 0.2) is 47.8 Å². The Morgan fingerprint density at radius 1 is 1.32 bits per heavy atom. The Morgan fingerprint density at radius 2 is 2.12 bits per heavy atom. The molecule has 1 saturated heterocycles. The molecule has 128 valence electrons. The van der Waals surface area contributed by atoms with Crippen molar-refractivity contribution >= 4 is 23.5 Å². The molecule has 1 amide bonds. The van der Waals surface area contributed by atoms with Gasteiger partial charge < -0.3 is 4.90 Å². The quantitative estimate of drug-likeness (QED) is 0.512. The number of nitrogens with one attached hydrogen (secondary N) is 1. The van der Waals surface area contributed by atoms with Crippen LogP contribution in [0.3, 0.4) is 0 Å². The molecule has 0 radical (unpaired) electrons. The molecule has 0 saturated carbocycles. The van der Waals surface area contributed by atoms with E-state index in [1.165, 1.54) is 24.5 Å². The van der Waals surface area contributed by atoms with Crippen LogP contribution in [0.4, 0.5) is 11.4 Å². The second-order valence-electron chi connectivity index (χ2n) is 5.64. The molecular weight excluding hydrogens is 322 g/mol. The third-order valence-electron chi connectivity index (χ3n) is 3.96. The Kier molecular flexibility index (Phi) is 4.98. The van der Waals surface area contributed by atoms with Gasteiger partial charge in [0.05, 0.1) is 16.7 Å². The minimum Gasteiger partial charge on any atom is -0.371 e. The summed E-state index contributed by atoms with van der Waals surface area (Å²) in [6.07, 6.45) is 6.63. The zero-order valence-electron chi connectivity index (χ0n) is 13.5. The van der Waals surface area contributed by atoms with Crippen LogP contribution in [0.25, 0.3) is 0 Å². The van der Waals surface area contributed by atoms with E-state index in [4.69, 9.17) is 0 Å². The Labute approximate surface area is 144 Å². The number of non-ortho nitro benzene ring substituents is 1. The number of benzene rings is 1. The fourth-order valence-electron chi connectivity index (χ4n) is 2.73. The van der Waals surface area contributed by atoms with Gasteiger partial charge in [-0.3, -0.25) is 19.9 Å². The van der Waals surface area contributed by atoms with E-state index in [9.17, 15) is 14.9 Å². The number of anilines is 1. The van der Waals surface area contributed by atoms with Crippen molar-refractivity contribution in [2.24, 2.45) is 5.10 Å². The number of pyridine rings is 1. The highest BCUT2D eigenvalue weighted by molar-refractivity contribution is 5.95. The molecule has 8 heteroatoms. The molecule has 1 N–H and O–H groups in total. The lowest BCUT2D eigenvalue weighted by atomic mass is 10.1. The monoisotopic (exact) mass is 339 g/mol. The summed E-state index contributed by atoms with van der Waals surface area (Å²) < 4.78 is 0. The molecular formula is C17H17N5O3. The smallest absolute Gasteiger partial charge is 0.272 e. The number of hydrogen-bond donors (Lipinski definition) is 1. The van der Waals surface area contributed by atoms with E-state index in [2.05, 4.69) is 20.4 Å². The standard InChI is InChI=1S/C17H17N5O3/c23-17(13-4-3-7-18-11-13)20-19-12-14-10-15(22(24)25)5-6-16(14)21-8-1-2-9-21/h3-7,10-12H,1-2,8-9H2,(H,20,23)/b19-12+. The molecule has 3 rings (SSSR count). The van der Waals surface area contributed by atoms with Gasteiger partial charge in [0.1, 0.15) is 0 Å². The summed E-state index contributed by atoms with van der Waals surface area (Å²) in [7, 11) is 0. The van der Waals surface area contributed by atoms with Gasteiger partial charge in [-0.15, -0.1) is 0 Å². The SMILES string of the molecule is O=C(N/N=C/c1cc([N+](=O)[O-])ccc1N1CCCC1)c1cccnc1. The molecule has 25 heavy (non-hydrogen) atoms. The average Bonchev–Trinajstić information content (AvgIpc) is 3.16. The molecule has 1 aromatic heterocycles. The third kappa shape index (κ3) is 3.97. The molecule has 0 unspecified atom stereocenters. The number of nitro benzene ring substituents is 1. The van der Waals surface area contributed by atoms with Crippen LogP contribution >= 0.6 is 0 Å². The molecule has 8 nitrogen and oxygen atoms in total. The molecule has 1 fully saturated rings. The molecule has 2 heterocycles. The first-order valence-electron chi connectivity index (χ1n) is 7.92. The fourth-order valence-corrected chi connectivity index (χ4v) is 2.73. The molecule has 0 atom stereocenters. The van der Waals surface area contributed by atoms with Gasteiger partial charge in [-0.05, 0) is 31.0 Å². The maximum Gasteiger partial charge on any atom is 0.272 e. The minimum atomic E-state index is -0.445. The summed E-state index contributed by atoms with van der Waals surface area (Å²) in [4.78, 5) is 28.6. The highest BCUT2D eigenvalue weighted by atomic mass is 16.6. The summed E-state index contributed by atoms with van der Waals surface area (Å²) >= 11 is 0. The normalized spacial score (nSPS) is 14.0. The summed E-state index contributed by atoms with van der Waals surface area (Å²) in [5, 5.41) is 15.0. The highest BCUT2D eigenvalue weighted by Crippen LogP contribution is 2.27. The van der Waals surface area contributed by atoms with Crippen molar-refractivity contribution in [1.82, 2.24) is 10.4 Å². The summed E-state index contributed by atoms with van der Waals surface area (Å²) in [6, 6.07) is 7.96. The van der Waals surface area contributed by atoms with E-state index in [-0.39, 0.29) is 5.69 Å². The van der Waals surface area contributed by atoms with Crippen LogP contribution in [0.5, 0.6) is 0 Å². The highest BCUT2D eigenvalue weighted by Gasteiger charge is 2.18. The van der Waals surface area contributed by atoms with Crippen LogP contribution in [-0.2, 0) is 0 Å². The Bertz CT molecular complexity index is 801. The lowest BCUT2D eigenvalue weighted by Crippen LogP contribution is -2.20. The lowest BCUT2D eigenvalue weighted by Gasteiger charge is -2.19. The van der Waals surface area contributed by atoms with Crippen molar-refractivity contribution < 1.29 is 9.72 Å². The predicted molar refractivity (Wildman–Crippen MR) is 93.8 cm³/mol. The number of carbonyl (C=O) groups excluding carboxylic acids is 1. The molecule has 1 aliphatic rings. The largest absolute Gasteiger partial charge is 0.371 e. The van der Waals surface area contributed by atoms with Gasteiger partial charge in [-0.25, -0.2) is 5.43 Å². The van der Waals surface area contributed by atoms with Crippen molar-refractivity contribution in [2.45, 2.75) is 12.8 Å². The molecule has 2 aromatic rings. The van der Waals surface area contributed by atoms with Crippen LogP contribution in [0, 0.1) is 10.1 Å². The van der Waals surface area contributed by atoms with Crippen molar-refractivity contribution in [2.75, 3.05) is 18.0 Å². The first-order chi connectivity index (χ1) is 12.1. The maximum atomic E-state index is 12.0. The zero-order valence-corrected chi connectivity index (χ0v) is 13.5. The van der Waals surface area contributed by atoms with Gasteiger partial charge in [0.2, 0.25) is 0 Å². The Hall–Kier alpha value is -3.29. The van der Waals surface area contributed by atoms with Crippen molar-refractivity contribution in [3.8, 4) is 0 Å². The van der Waals surface area contributed by atoms with Crippen molar-refractivity contribution in [1.29, 1.82) is 0 Å². The van der Waals surface area contributed by atoms with E-state index >= 15 is 0 Å². The molecule has 0 spiro atoms. The van der Waals surface area contributed by atoms with Crippen LogP contribution in [-0.4, -0.2) is 35.1 Å². The number of amides is 1. The van der Waals surface area contributed by atoms with Gasteiger partial charge in [-0.1, -0.05) is 0 Å². The predicted octanol–water partition coefficient (Wildman–Crippen LogP) is 2.35. The first kappa shape index (κ1) is 16.6. The summed E-state index contributed by atoms with van der Waals surface area (Å²) in [5.41, 5.74) is 4.27. The topological polar surface area (TPSA) is 101 Å². The summed E-state index contributed by atoms with van der Waals surface area (Å²) in [6.45, 7) is 1.81. The number of nitrogens with zero attached hydrogens (tertiary/aromatic N) is 4. The second-order valence-corrected chi connectivity index (χ2v) is 5.64. The molecule has 1 aromatic carbocycles. The minimum absolute atomic E-state index is 0.0111. The second kappa shape index (κ2) is 7.52. The zero-order chi connectivity index (χ0) is 17.6. The van der Waals surface area contributed by atoms with Gasteiger partial charge in [0, 0.05) is 48.9 Å². The van der Waals surface area contributed by atoms with Gasteiger partial charge in [-0.2, -0.15) is 5.10 Å². The average molecular weight is 339 g/mol. The van der Waals surface area contributed by atoms with E-state index < -0.39 is 10.8 Å². The number of carbonyl (C=O) groups is 1. The lowest BCUT2D eigenvalue weighted by molar-refractivity contribution is -0.384. The van der Waals surface area contributed by atoms with Gasteiger partial charge >= 0.3 is 0 Å².